The number of hydrogen-bond donors (Lipinski definition) is 1. The lowest BCUT2D eigenvalue weighted by atomic mass is 10.1. The van der Waals surface area contributed by atoms with Gasteiger partial charge in [-0.05, 0) is 20.8 Å². The van der Waals surface area contributed by atoms with Crippen molar-refractivity contribution < 1.29 is 9.47 Å². The van der Waals surface area contributed by atoms with Crippen molar-refractivity contribution in [1.29, 1.82) is 0 Å². The van der Waals surface area contributed by atoms with E-state index in [0.29, 0.717) is 6.61 Å². The van der Waals surface area contributed by atoms with E-state index in [0.717, 1.165) is 29.1 Å². The number of fused-ring (bicyclic) bond motifs is 1. The summed E-state index contributed by atoms with van der Waals surface area (Å²) in [5, 5.41) is 7.94. The predicted octanol–water partition coefficient (Wildman–Crippen LogP) is 1.66. The number of methoxy groups -OCH3 is 2. The van der Waals surface area contributed by atoms with E-state index in [9.17, 15) is 0 Å². The average Bonchev–Trinajstić information content (AvgIpc) is 2.85. The van der Waals surface area contributed by atoms with Crippen LogP contribution >= 0.6 is 0 Å². The van der Waals surface area contributed by atoms with Crippen molar-refractivity contribution in [3.63, 3.8) is 0 Å². The standard InChI is InChI=1S/C15H24N4O2/c1-10-6-15-17-8-14(12(3)19(15)18-10)11(2)16-7-13(21-5)9-20-4/h6,8,11,13,16H,7,9H2,1-5H3. The minimum absolute atomic E-state index is 0.0430. The molecule has 2 heterocycles. The van der Waals surface area contributed by atoms with Crippen molar-refractivity contribution in [3.8, 4) is 0 Å². The first-order valence-corrected chi connectivity index (χ1v) is 7.13. The molecule has 0 bridgehead atoms. The number of aryl methyl sites for hydroxylation is 2. The van der Waals surface area contributed by atoms with E-state index < -0.39 is 0 Å². The fourth-order valence-electron chi connectivity index (χ4n) is 2.42. The maximum Gasteiger partial charge on any atom is 0.155 e. The second kappa shape index (κ2) is 6.98. The summed E-state index contributed by atoms with van der Waals surface area (Å²) in [6.07, 6.45) is 1.96. The van der Waals surface area contributed by atoms with Crippen molar-refractivity contribution in [2.75, 3.05) is 27.4 Å². The maximum absolute atomic E-state index is 5.36. The lowest BCUT2D eigenvalue weighted by Gasteiger charge is -2.20. The van der Waals surface area contributed by atoms with Crippen LogP contribution in [0.3, 0.4) is 0 Å². The van der Waals surface area contributed by atoms with E-state index in [4.69, 9.17) is 9.47 Å². The molecule has 0 spiro atoms. The van der Waals surface area contributed by atoms with Gasteiger partial charge in [0, 0.05) is 50.3 Å². The third-order valence-corrected chi connectivity index (χ3v) is 3.69. The van der Waals surface area contributed by atoms with E-state index in [1.807, 2.05) is 23.7 Å². The zero-order chi connectivity index (χ0) is 15.4. The second-order valence-electron chi connectivity index (χ2n) is 5.30. The fourth-order valence-corrected chi connectivity index (χ4v) is 2.42. The number of nitrogens with one attached hydrogen (secondary N) is 1. The monoisotopic (exact) mass is 292 g/mol. The molecule has 2 atom stereocenters. The molecular formula is C15H24N4O2. The van der Waals surface area contributed by atoms with E-state index in [1.165, 1.54) is 0 Å². The summed E-state index contributed by atoms with van der Waals surface area (Å²) < 4.78 is 12.4. The molecule has 0 radical (unpaired) electrons. The molecule has 0 saturated carbocycles. The molecule has 0 aromatic carbocycles. The molecule has 6 heteroatoms. The molecule has 0 aliphatic heterocycles. The molecule has 0 saturated heterocycles. The summed E-state index contributed by atoms with van der Waals surface area (Å²) >= 11 is 0. The molecule has 6 nitrogen and oxygen atoms in total. The molecule has 0 amide bonds. The smallest absolute Gasteiger partial charge is 0.155 e. The summed E-state index contributed by atoms with van der Waals surface area (Å²) in [5.41, 5.74) is 4.10. The van der Waals surface area contributed by atoms with E-state index in [1.54, 1.807) is 14.2 Å². The van der Waals surface area contributed by atoms with Gasteiger partial charge in [-0.2, -0.15) is 5.10 Å². The highest BCUT2D eigenvalue weighted by Gasteiger charge is 2.15. The van der Waals surface area contributed by atoms with Gasteiger partial charge in [-0.15, -0.1) is 0 Å². The molecule has 2 unspecified atom stereocenters. The number of nitrogens with zero attached hydrogens (tertiary/aromatic N) is 3. The lowest BCUT2D eigenvalue weighted by molar-refractivity contribution is 0.0276. The van der Waals surface area contributed by atoms with Crippen molar-refractivity contribution in [3.05, 3.63) is 29.2 Å². The Morgan fingerprint density at radius 2 is 2.10 bits per heavy atom. The number of aromatic nitrogens is 3. The van der Waals surface area contributed by atoms with Crippen LogP contribution in [-0.2, 0) is 9.47 Å². The Hall–Kier alpha value is -1.50. The van der Waals surface area contributed by atoms with Crippen LogP contribution in [0.1, 0.15) is 29.9 Å². The van der Waals surface area contributed by atoms with E-state index >= 15 is 0 Å². The van der Waals surface area contributed by atoms with Gasteiger partial charge in [0.05, 0.1) is 18.4 Å². The summed E-state index contributed by atoms with van der Waals surface area (Å²) in [6, 6.07) is 2.15. The Labute approximate surface area is 125 Å². The molecule has 2 aromatic heterocycles. The van der Waals surface area contributed by atoms with Crippen LogP contribution in [0.25, 0.3) is 5.65 Å². The third kappa shape index (κ3) is 3.58. The van der Waals surface area contributed by atoms with E-state index in [2.05, 4.69) is 29.2 Å². The average molecular weight is 292 g/mol. The van der Waals surface area contributed by atoms with Gasteiger partial charge in [0.1, 0.15) is 0 Å². The molecule has 0 aliphatic carbocycles. The SMILES string of the molecule is COCC(CNC(C)c1cnc2cc(C)nn2c1C)OC. The summed E-state index contributed by atoms with van der Waals surface area (Å²) in [5.74, 6) is 0. The molecular weight excluding hydrogens is 268 g/mol. The quantitative estimate of drug-likeness (QED) is 0.841. The minimum Gasteiger partial charge on any atom is -0.382 e. The van der Waals surface area contributed by atoms with Crippen LogP contribution in [0.2, 0.25) is 0 Å². The van der Waals surface area contributed by atoms with E-state index in [-0.39, 0.29) is 12.1 Å². The van der Waals surface area contributed by atoms with Crippen LogP contribution < -0.4 is 5.32 Å². The largest absolute Gasteiger partial charge is 0.382 e. The lowest BCUT2D eigenvalue weighted by Crippen LogP contribution is -2.33. The highest BCUT2D eigenvalue weighted by Crippen LogP contribution is 2.18. The van der Waals surface area contributed by atoms with Crippen molar-refractivity contribution in [2.24, 2.45) is 0 Å². The number of rotatable bonds is 7. The summed E-state index contributed by atoms with van der Waals surface area (Å²) in [6.45, 7) is 7.46. The van der Waals surface area contributed by atoms with Crippen LogP contribution in [0.15, 0.2) is 12.3 Å². The number of hydrogen-bond acceptors (Lipinski definition) is 5. The van der Waals surface area contributed by atoms with Gasteiger partial charge in [0.25, 0.3) is 0 Å². The molecule has 1 N–H and O–H groups in total. The second-order valence-corrected chi connectivity index (χ2v) is 5.30. The third-order valence-electron chi connectivity index (χ3n) is 3.69. The molecule has 21 heavy (non-hydrogen) atoms. The van der Waals surface area contributed by atoms with Crippen LogP contribution in [0.5, 0.6) is 0 Å². The highest BCUT2D eigenvalue weighted by molar-refractivity contribution is 5.42. The topological polar surface area (TPSA) is 60.7 Å². The fraction of sp³-hybridized carbons (Fsp3) is 0.600. The summed E-state index contributed by atoms with van der Waals surface area (Å²) in [4.78, 5) is 4.47. The Kier molecular flexibility index (Phi) is 5.27. The van der Waals surface area contributed by atoms with Crippen molar-refractivity contribution >= 4 is 5.65 Å². The Morgan fingerprint density at radius 3 is 2.76 bits per heavy atom. The summed E-state index contributed by atoms with van der Waals surface area (Å²) in [7, 11) is 3.37. The first-order valence-electron chi connectivity index (χ1n) is 7.13. The zero-order valence-corrected chi connectivity index (χ0v) is 13.4. The number of ether oxygens (including phenoxy) is 2. The van der Waals surface area contributed by atoms with Gasteiger partial charge in [-0.3, -0.25) is 0 Å². The van der Waals surface area contributed by atoms with Crippen LogP contribution in [0.4, 0.5) is 0 Å². The molecule has 2 rings (SSSR count). The molecule has 2 aromatic rings. The highest BCUT2D eigenvalue weighted by atomic mass is 16.5. The maximum atomic E-state index is 5.36. The predicted molar refractivity (Wildman–Crippen MR) is 81.6 cm³/mol. The van der Waals surface area contributed by atoms with Gasteiger partial charge in [-0.25, -0.2) is 9.50 Å². The van der Waals surface area contributed by atoms with Crippen molar-refractivity contribution in [2.45, 2.75) is 32.9 Å². The molecule has 0 aliphatic rings. The Balaban J connectivity index is 2.11. The van der Waals surface area contributed by atoms with Gasteiger partial charge in [0.15, 0.2) is 5.65 Å². The van der Waals surface area contributed by atoms with Crippen molar-refractivity contribution in [1.82, 2.24) is 19.9 Å². The molecule has 0 fully saturated rings. The Morgan fingerprint density at radius 1 is 1.33 bits per heavy atom. The molecule has 116 valence electrons. The van der Waals surface area contributed by atoms with Crippen LogP contribution in [0, 0.1) is 13.8 Å². The van der Waals surface area contributed by atoms with Gasteiger partial charge in [0.2, 0.25) is 0 Å². The minimum atomic E-state index is 0.0430. The normalized spacial score (nSPS) is 14.5. The zero-order valence-electron chi connectivity index (χ0n) is 13.4. The van der Waals surface area contributed by atoms with Gasteiger partial charge in [-0.1, -0.05) is 0 Å². The first kappa shape index (κ1) is 15.9. The van der Waals surface area contributed by atoms with Crippen LogP contribution in [-0.4, -0.2) is 48.1 Å². The van der Waals surface area contributed by atoms with Gasteiger partial charge < -0.3 is 14.8 Å². The Bertz CT molecular complexity index is 597. The first-order chi connectivity index (χ1) is 10.1. The van der Waals surface area contributed by atoms with Gasteiger partial charge >= 0.3 is 0 Å².